The Hall–Kier alpha value is -3.19. The molecule has 0 aliphatic heterocycles. The quantitative estimate of drug-likeness (QED) is 0.350. The molecule has 0 radical (unpaired) electrons. The molecule has 0 atom stereocenters. The van der Waals surface area contributed by atoms with Gasteiger partial charge in [-0.3, -0.25) is 9.59 Å². The zero-order valence-corrected chi connectivity index (χ0v) is 15.0. The summed E-state index contributed by atoms with van der Waals surface area (Å²) in [5, 5.41) is 18.0. The van der Waals surface area contributed by atoms with Crippen LogP contribution in [0.5, 0.6) is 5.75 Å². The summed E-state index contributed by atoms with van der Waals surface area (Å²) in [5.74, 6) is -1.74. The third-order valence-electron chi connectivity index (χ3n) is 3.64. The summed E-state index contributed by atoms with van der Waals surface area (Å²) in [7, 11) is 0. The molecule has 0 aromatic heterocycles. The lowest BCUT2D eigenvalue weighted by Gasteiger charge is -2.06. The second kappa shape index (κ2) is 7.79. The number of carbonyl (C=O) groups is 2. The molecule has 26 heavy (non-hydrogen) atoms. The van der Waals surface area contributed by atoms with Crippen molar-refractivity contribution in [3.05, 3.63) is 70.7 Å². The highest BCUT2D eigenvalue weighted by Gasteiger charge is 2.14. The van der Waals surface area contributed by atoms with E-state index in [1.165, 1.54) is 6.21 Å². The SMILES string of the molecule is O=C(N/N=C/c1c(O)ccc2ccccc12)C(=O)Nc1ccccc1Br. The number of phenols is 1. The summed E-state index contributed by atoms with van der Waals surface area (Å²) in [5.41, 5.74) is 3.08. The highest BCUT2D eigenvalue weighted by atomic mass is 79.9. The van der Waals surface area contributed by atoms with Crippen LogP contribution < -0.4 is 10.7 Å². The Bertz CT molecular complexity index is 1020. The summed E-state index contributed by atoms with van der Waals surface area (Å²) >= 11 is 3.28. The molecular weight excluding hydrogens is 398 g/mol. The molecule has 0 saturated heterocycles. The van der Waals surface area contributed by atoms with Crippen molar-refractivity contribution in [2.45, 2.75) is 0 Å². The minimum absolute atomic E-state index is 0.0272. The third kappa shape index (κ3) is 3.89. The fraction of sp³-hybridized carbons (Fsp3) is 0. The minimum Gasteiger partial charge on any atom is -0.507 e. The third-order valence-corrected chi connectivity index (χ3v) is 4.33. The van der Waals surface area contributed by atoms with Crippen molar-refractivity contribution in [3.8, 4) is 5.75 Å². The van der Waals surface area contributed by atoms with Gasteiger partial charge in [-0.1, -0.05) is 42.5 Å². The first-order valence-corrected chi connectivity index (χ1v) is 8.45. The number of amides is 2. The molecular formula is C19H14BrN3O3. The number of carbonyl (C=O) groups excluding carboxylic acids is 2. The molecule has 0 saturated carbocycles. The van der Waals surface area contributed by atoms with Crippen LogP contribution in [0.1, 0.15) is 5.56 Å². The van der Waals surface area contributed by atoms with E-state index >= 15 is 0 Å². The predicted molar refractivity (Wildman–Crippen MR) is 104 cm³/mol. The lowest BCUT2D eigenvalue weighted by atomic mass is 10.0. The fourth-order valence-electron chi connectivity index (χ4n) is 2.37. The van der Waals surface area contributed by atoms with Crippen LogP contribution in [-0.4, -0.2) is 23.1 Å². The zero-order valence-electron chi connectivity index (χ0n) is 13.4. The smallest absolute Gasteiger partial charge is 0.329 e. The maximum absolute atomic E-state index is 11.9. The molecule has 0 heterocycles. The van der Waals surface area contributed by atoms with Gasteiger partial charge in [0.2, 0.25) is 0 Å². The molecule has 0 fully saturated rings. The molecule has 0 spiro atoms. The highest BCUT2D eigenvalue weighted by Crippen LogP contribution is 2.25. The van der Waals surface area contributed by atoms with Crippen LogP contribution in [-0.2, 0) is 9.59 Å². The first-order chi connectivity index (χ1) is 12.6. The van der Waals surface area contributed by atoms with Crippen molar-refractivity contribution < 1.29 is 14.7 Å². The molecule has 0 unspecified atom stereocenters. The van der Waals surface area contributed by atoms with Crippen molar-refractivity contribution in [1.29, 1.82) is 0 Å². The monoisotopic (exact) mass is 411 g/mol. The second-order valence-electron chi connectivity index (χ2n) is 5.35. The zero-order chi connectivity index (χ0) is 18.5. The Labute approximate surface area is 157 Å². The van der Waals surface area contributed by atoms with Gasteiger partial charge in [-0.05, 0) is 44.9 Å². The summed E-state index contributed by atoms with van der Waals surface area (Å²) in [4.78, 5) is 23.8. The summed E-state index contributed by atoms with van der Waals surface area (Å²) in [6.07, 6.45) is 1.31. The normalized spacial score (nSPS) is 10.8. The van der Waals surface area contributed by atoms with Crippen molar-refractivity contribution >= 4 is 50.4 Å². The number of fused-ring (bicyclic) bond motifs is 1. The van der Waals surface area contributed by atoms with E-state index in [9.17, 15) is 14.7 Å². The van der Waals surface area contributed by atoms with Gasteiger partial charge in [-0.25, -0.2) is 5.43 Å². The Kier molecular flexibility index (Phi) is 5.28. The van der Waals surface area contributed by atoms with Gasteiger partial charge in [-0.15, -0.1) is 0 Å². The van der Waals surface area contributed by atoms with E-state index < -0.39 is 11.8 Å². The molecule has 0 aliphatic rings. The van der Waals surface area contributed by atoms with Crippen LogP contribution in [0.4, 0.5) is 5.69 Å². The number of para-hydroxylation sites is 1. The van der Waals surface area contributed by atoms with E-state index in [0.29, 0.717) is 15.7 Å². The number of anilines is 1. The number of rotatable bonds is 3. The van der Waals surface area contributed by atoms with E-state index in [1.54, 1.807) is 36.4 Å². The van der Waals surface area contributed by atoms with Crippen LogP contribution in [0, 0.1) is 0 Å². The average molecular weight is 412 g/mol. The number of phenolic OH excluding ortho intramolecular Hbond substituents is 1. The minimum atomic E-state index is -0.920. The van der Waals surface area contributed by atoms with E-state index in [2.05, 4.69) is 31.8 Å². The molecule has 3 aromatic rings. The molecule has 2 amide bonds. The van der Waals surface area contributed by atoms with E-state index in [-0.39, 0.29) is 5.75 Å². The summed E-state index contributed by atoms with van der Waals surface area (Å²) < 4.78 is 0.658. The Balaban J connectivity index is 1.71. The first kappa shape index (κ1) is 17.6. The van der Waals surface area contributed by atoms with E-state index in [4.69, 9.17) is 0 Å². The fourth-order valence-corrected chi connectivity index (χ4v) is 2.75. The Morgan fingerprint density at radius 3 is 2.50 bits per heavy atom. The van der Waals surface area contributed by atoms with Crippen LogP contribution in [0.3, 0.4) is 0 Å². The lowest BCUT2D eigenvalue weighted by Crippen LogP contribution is -2.32. The van der Waals surface area contributed by atoms with Gasteiger partial charge in [0.1, 0.15) is 5.75 Å². The predicted octanol–water partition coefficient (Wildman–Crippen LogP) is 3.40. The highest BCUT2D eigenvalue weighted by molar-refractivity contribution is 9.10. The number of hydrogen-bond acceptors (Lipinski definition) is 4. The number of aromatic hydroxyl groups is 1. The maximum atomic E-state index is 11.9. The van der Waals surface area contributed by atoms with Crippen molar-refractivity contribution in [3.63, 3.8) is 0 Å². The van der Waals surface area contributed by atoms with Crippen LogP contribution >= 0.6 is 15.9 Å². The van der Waals surface area contributed by atoms with Gasteiger partial charge in [0.25, 0.3) is 0 Å². The Morgan fingerprint density at radius 1 is 0.962 bits per heavy atom. The molecule has 0 aliphatic carbocycles. The van der Waals surface area contributed by atoms with E-state index in [0.717, 1.165) is 10.8 Å². The first-order valence-electron chi connectivity index (χ1n) is 7.66. The van der Waals surface area contributed by atoms with Crippen molar-refractivity contribution in [1.82, 2.24) is 5.43 Å². The topological polar surface area (TPSA) is 90.8 Å². The average Bonchev–Trinajstić information content (AvgIpc) is 2.65. The van der Waals surface area contributed by atoms with Gasteiger partial charge in [0.05, 0.1) is 11.9 Å². The number of nitrogens with one attached hydrogen (secondary N) is 2. The van der Waals surface area contributed by atoms with Crippen LogP contribution in [0.2, 0.25) is 0 Å². The van der Waals surface area contributed by atoms with Gasteiger partial charge in [0.15, 0.2) is 0 Å². The standard InChI is InChI=1S/C19H14BrN3O3/c20-15-7-3-4-8-16(15)22-18(25)19(26)23-21-11-14-13-6-2-1-5-12(13)9-10-17(14)24/h1-11,24H,(H,22,25)(H,23,26)/b21-11+. The van der Waals surface area contributed by atoms with Crippen molar-refractivity contribution in [2.24, 2.45) is 5.10 Å². The molecule has 3 aromatic carbocycles. The number of halogens is 1. The number of nitrogens with zero attached hydrogens (tertiary/aromatic N) is 1. The van der Waals surface area contributed by atoms with Gasteiger partial charge >= 0.3 is 11.8 Å². The molecule has 3 rings (SSSR count). The summed E-state index contributed by atoms with van der Waals surface area (Å²) in [6.45, 7) is 0. The largest absolute Gasteiger partial charge is 0.507 e. The van der Waals surface area contributed by atoms with Gasteiger partial charge in [0, 0.05) is 10.0 Å². The van der Waals surface area contributed by atoms with Gasteiger partial charge < -0.3 is 10.4 Å². The molecule has 130 valence electrons. The lowest BCUT2D eigenvalue weighted by molar-refractivity contribution is -0.136. The number of hydrazone groups is 1. The molecule has 6 nitrogen and oxygen atoms in total. The van der Waals surface area contributed by atoms with Crippen LogP contribution in [0.25, 0.3) is 10.8 Å². The summed E-state index contributed by atoms with van der Waals surface area (Å²) in [6, 6.07) is 17.7. The number of benzene rings is 3. The van der Waals surface area contributed by atoms with Gasteiger partial charge in [-0.2, -0.15) is 5.10 Å². The van der Waals surface area contributed by atoms with E-state index in [1.807, 2.05) is 24.3 Å². The second-order valence-corrected chi connectivity index (χ2v) is 6.21. The Morgan fingerprint density at radius 2 is 1.69 bits per heavy atom. The van der Waals surface area contributed by atoms with Crippen LogP contribution in [0.15, 0.2) is 70.2 Å². The molecule has 7 heteroatoms. The molecule has 0 bridgehead atoms. The molecule has 3 N–H and O–H groups in total. The number of hydrogen-bond donors (Lipinski definition) is 3. The van der Waals surface area contributed by atoms with Crippen molar-refractivity contribution in [2.75, 3.05) is 5.32 Å². The maximum Gasteiger partial charge on any atom is 0.329 e.